The second-order valence-corrected chi connectivity index (χ2v) is 6.02. The zero-order chi connectivity index (χ0) is 21.0. The largest absolute Gasteiger partial charge is 0.493 e. The summed E-state index contributed by atoms with van der Waals surface area (Å²) in [5.41, 5.74) is 0.699. The average Bonchev–Trinajstić information content (AvgIpc) is 3.08. The van der Waals surface area contributed by atoms with Gasteiger partial charge in [0.05, 0.1) is 26.1 Å². The lowest BCUT2D eigenvalue weighted by molar-refractivity contribution is -0.145. The zero-order valence-corrected chi connectivity index (χ0v) is 15.7. The number of halogens is 2. The number of hydrogen-bond donors (Lipinski definition) is 0. The minimum Gasteiger partial charge on any atom is -0.493 e. The molecule has 1 aromatic carbocycles. The van der Waals surface area contributed by atoms with Crippen LogP contribution in [0.2, 0.25) is 0 Å². The molecule has 0 saturated carbocycles. The predicted octanol–water partition coefficient (Wildman–Crippen LogP) is 1.87. The number of aromatic nitrogens is 4. The molecule has 3 rings (SSSR count). The summed E-state index contributed by atoms with van der Waals surface area (Å²) in [6.07, 6.45) is 2.73. The van der Waals surface area contributed by atoms with Crippen molar-refractivity contribution < 1.29 is 27.8 Å². The maximum absolute atomic E-state index is 12.4. The maximum atomic E-state index is 12.4. The van der Waals surface area contributed by atoms with Crippen LogP contribution < -0.4 is 15.0 Å². The van der Waals surface area contributed by atoms with E-state index < -0.39 is 12.6 Å². The normalized spacial score (nSPS) is 11.1. The van der Waals surface area contributed by atoms with Crippen LogP contribution in [0.1, 0.15) is 12.0 Å². The molecular formula is C18H18F2N4O5. The van der Waals surface area contributed by atoms with E-state index in [1.807, 2.05) is 0 Å². The summed E-state index contributed by atoms with van der Waals surface area (Å²) in [5.74, 6) is -0.549. The molecule has 9 nitrogen and oxygen atoms in total. The molecule has 0 aliphatic carbocycles. The number of benzene rings is 1. The average molecular weight is 408 g/mol. The first-order chi connectivity index (χ1) is 13.9. The lowest BCUT2D eigenvalue weighted by atomic mass is 10.2. The number of carbonyl (C=O) groups is 1. The Kier molecular flexibility index (Phi) is 6.05. The molecule has 0 N–H and O–H groups in total. The number of nitrogens with zero attached hydrogens (tertiary/aromatic N) is 4. The van der Waals surface area contributed by atoms with Gasteiger partial charge in [0.2, 0.25) is 0 Å². The molecule has 0 unspecified atom stereocenters. The van der Waals surface area contributed by atoms with E-state index in [0.29, 0.717) is 16.6 Å². The summed E-state index contributed by atoms with van der Waals surface area (Å²) in [6.45, 7) is -2.96. The molecule has 0 spiro atoms. The molecule has 0 aliphatic heterocycles. The van der Waals surface area contributed by atoms with Gasteiger partial charge in [-0.2, -0.15) is 13.9 Å². The molecule has 2 aromatic heterocycles. The molecule has 0 radical (unpaired) electrons. The molecule has 0 amide bonds. The van der Waals surface area contributed by atoms with Crippen LogP contribution in [0.5, 0.6) is 11.5 Å². The van der Waals surface area contributed by atoms with Crippen LogP contribution in [0.3, 0.4) is 0 Å². The fraction of sp³-hybridized carbons (Fsp3) is 0.333. The summed E-state index contributed by atoms with van der Waals surface area (Å²) in [4.78, 5) is 28.5. The van der Waals surface area contributed by atoms with E-state index in [1.165, 1.54) is 47.1 Å². The Morgan fingerprint density at radius 1 is 1.28 bits per heavy atom. The highest BCUT2D eigenvalue weighted by atomic mass is 19.3. The molecule has 11 heteroatoms. The van der Waals surface area contributed by atoms with Gasteiger partial charge in [0, 0.05) is 13.6 Å². The SMILES string of the molecule is COc1cc(COC(=O)CCn2cnc3c(cnn3C)c2=O)ccc1OC(F)F. The molecule has 3 aromatic rings. The second-order valence-electron chi connectivity index (χ2n) is 6.02. The van der Waals surface area contributed by atoms with Crippen molar-refractivity contribution in [2.45, 2.75) is 26.2 Å². The Hall–Kier alpha value is -3.50. The molecule has 0 atom stereocenters. The smallest absolute Gasteiger partial charge is 0.387 e. The molecule has 29 heavy (non-hydrogen) atoms. The Morgan fingerprint density at radius 2 is 2.07 bits per heavy atom. The van der Waals surface area contributed by atoms with E-state index in [2.05, 4.69) is 14.8 Å². The number of carbonyl (C=O) groups excluding carboxylic acids is 1. The van der Waals surface area contributed by atoms with Crippen molar-refractivity contribution in [3.8, 4) is 11.5 Å². The Morgan fingerprint density at radius 3 is 2.79 bits per heavy atom. The lowest BCUT2D eigenvalue weighted by Gasteiger charge is -2.12. The third-order valence-electron chi connectivity index (χ3n) is 4.12. The number of aryl methyl sites for hydroxylation is 2. The van der Waals surface area contributed by atoms with Gasteiger partial charge in [-0.15, -0.1) is 0 Å². The summed E-state index contributed by atoms with van der Waals surface area (Å²) in [6, 6.07) is 4.23. The Labute approximate surface area is 163 Å². The van der Waals surface area contributed by atoms with Crippen molar-refractivity contribution in [1.29, 1.82) is 0 Å². The lowest BCUT2D eigenvalue weighted by Crippen LogP contribution is -2.22. The third-order valence-corrected chi connectivity index (χ3v) is 4.12. The van der Waals surface area contributed by atoms with E-state index in [9.17, 15) is 18.4 Å². The first-order valence-electron chi connectivity index (χ1n) is 8.53. The van der Waals surface area contributed by atoms with Crippen LogP contribution >= 0.6 is 0 Å². The van der Waals surface area contributed by atoms with Crippen molar-refractivity contribution in [2.75, 3.05) is 7.11 Å². The van der Waals surface area contributed by atoms with E-state index in [1.54, 1.807) is 7.05 Å². The van der Waals surface area contributed by atoms with Gasteiger partial charge in [-0.25, -0.2) is 4.98 Å². The quantitative estimate of drug-likeness (QED) is 0.525. The van der Waals surface area contributed by atoms with Crippen molar-refractivity contribution in [3.05, 3.63) is 46.6 Å². The molecule has 0 aliphatic rings. The van der Waals surface area contributed by atoms with Crippen LogP contribution in [-0.2, 0) is 29.7 Å². The van der Waals surface area contributed by atoms with Gasteiger partial charge in [0.1, 0.15) is 12.0 Å². The predicted molar refractivity (Wildman–Crippen MR) is 96.8 cm³/mol. The topological polar surface area (TPSA) is 97.5 Å². The number of methoxy groups -OCH3 is 1. The zero-order valence-electron chi connectivity index (χ0n) is 15.7. The number of esters is 1. The van der Waals surface area contributed by atoms with Crippen molar-refractivity contribution in [3.63, 3.8) is 0 Å². The Bertz CT molecular complexity index is 1080. The van der Waals surface area contributed by atoms with Gasteiger partial charge >= 0.3 is 12.6 Å². The molecule has 154 valence electrons. The number of ether oxygens (including phenoxy) is 3. The highest BCUT2D eigenvalue weighted by Gasteiger charge is 2.13. The highest BCUT2D eigenvalue weighted by Crippen LogP contribution is 2.29. The van der Waals surface area contributed by atoms with E-state index in [0.717, 1.165) is 0 Å². The van der Waals surface area contributed by atoms with Crippen LogP contribution in [0.4, 0.5) is 8.78 Å². The first-order valence-corrected chi connectivity index (χ1v) is 8.53. The van der Waals surface area contributed by atoms with Gasteiger partial charge in [-0.05, 0) is 17.7 Å². The molecular weight excluding hydrogens is 390 g/mol. The third kappa shape index (κ3) is 4.68. The number of alkyl halides is 2. The first kappa shape index (κ1) is 20.2. The molecule has 0 fully saturated rings. The van der Waals surface area contributed by atoms with Gasteiger partial charge in [0.15, 0.2) is 17.1 Å². The van der Waals surface area contributed by atoms with Crippen LogP contribution in [0.15, 0.2) is 35.5 Å². The van der Waals surface area contributed by atoms with Crippen molar-refractivity contribution in [2.24, 2.45) is 7.05 Å². The number of rotatable bonds is 8. The second kappa shape index (κ2) is 8.67. The molecule has 2 heterocycles. The van der Waals surface area contributed by atoms with Gasteiger partial charge in [-0.1, -0.05) is 6.07 Å². The van der Waals surface area contributed by atoms with Crippen LogP contribution in [0, 0.1) is 0 Å². The van der Waals surface area contributed by atoms with Crippen molar-refractivity contribution in [1.82, 2.24) is 19.3 Å². The van der Waals surface area contributed by atoms with E-state index >= 15 is 0 Å². The van der Waals surface area contributed by atoms with E-state index in [4.69, 9.17) is 9.47 Å². The summed E-state index contributed by atoms with van der Waals surface area (Å²) in [7, 11) is 2.99. The van der Waals surface area contributed by atoms with E-state index in [-0.39, 0.29) is 36.6 Å². The number of fused-ring (bicyclic) bond motifs is 1. The minimum atomic E-state index is -2.98. The number of hydrogen-bond acceptors (Lipinski definition) is 7. The summed E-state index contributed by atoms with van der Waals surface area (Å²) < 4.78 is 42.0. The van der Waals surface area contributed by atoms with Crippen molar-refractivity contribution >= 4 is 17.0 Å². The van der Waals surface area contributed by atoms with Gasteiger partial charge in [0.25, 0.3) is 5.56 Å². The standard InChI is InChI=1S/C18H18F2N4O5/c1-23-16-12(8-22-23)17(26)24(10-21-16)6-5-15(25)28-9-11-3-4-13(29-18(19)20)14(7-11)27-2/h3-4,7-8,10,18H,5-6,9H2,1-2H3. The Balaban J connectivity index is 1.58. The van der Waals surface area contributed by atoms with Crippen LogP contribution in [-0.4, -0.2) is 39.0 Å². The summed E-state index contributed by atoms with van der Waals surface area (Å²) in [5, 5.41) is 4.34. The summed E-state index contributed by atoms with van der Waals surface area (Å²) >= 11 is 0. The van der Waals surface area contributed by atoms with Crippen LogP contribution in [0.25, 0.3) is 11.0 Å². The maximum Gasteiger partial charge on any atom is 0.387 e. The molecule has 0 saturated heterocycles. The fourth-order valence-corrected chi connectivity index (χ4v) is 2.67. The van der Waals surface area contributed by atoms with Gasteiger partial charge in [-0.3, -0.25) is 18.8 Å². The molecule has 0 bridgehead atoms. The monoisotopic (exact) mass is 408 g/mol. The fourth-order valence-electron chi connectivity index (χ4n) is 2.67. The minimum absolute atomic E-state index is 0.0446. The van der Waals surface area contributed by atoms with Gasteiger partial charge < -0.3 is 14.2 Å². The highest BCUT2D eigenvalue weighted by molar-refractivity contribution is 5.73.